The maximum Gasteiger partial charge on any atom is 0.308 e. The molecule has 0 amide bonds. The minimum absolute atomic E-state index is 0.0733. The molecule has 2 heterocycles. The summed E-state index contributed by atoms with van der Waals surface area (Å²) in [5.74, 6) is -2.19. The Morgan fingerprint density at radius 1 is 1.16 bits per heavy atom. The van der Waals surface area contributed by atoms with E-state index in [4.69, 9.17) is 15.0 Å². The highest BCUT2D eigenvalue weighted by atomic mass is 32.1. The monoisotopic (exact) mass is 614 g/mol. The van der Waals surface area contributed by atoms with E-state index in [0.29, 0.717) is 28.6 Å². The van der Waals surface area contributed by atoms with Gasteiger partial charge in [0.15, 0.2) is 0 Å². The Balaban J connectivity index is 1.44. The number of aliphatic hydroxyl groups is 1. The third-order valence-electron chi connectivity index (χ3n) is 7.48. The summed E-state index contributed by atoms with van der Waals surface area (Å²) < 4.78 is 37.8. The van der Waals surface area contributed by atoms with E-state index in [1.165, 1.54) is 29.0 Å². The van der Waals surface area contributed by atoms with Gasteiger partial charge in [-0.05, 0) is 60.9 Å². The summed E-state index contributed by atoms with van der Waals surface area (Å²) in [5, 5.41) is 28.1. The summed E-state index contributed by atoms with van der Waals surface area (Å²) in [5.41, 5.74) is 2.66. The van der Waals surface area contributed by atoms with E-state index in [-0.39, 0.29) is 18.1 Å². The predicted molar refractivity (Wildman–Crippen MR) is 160 cm³/mol. The van der Waals surface area contributed by atoms with Crippen LogP contribution in [0, 0.1) is 36.8 Å². The molecule has 0 radical (unpaired) electrons. The van der Waals surface area contributed by atoms with E-state index in [9.17, 15) is 14.3 Å². The molecular weight excluding hydrogens is 584 g/mol. The van der Waals surface area contributed by atoms with Crippen LogP contribution in [0.15, 0.2) is 72.6 Å². The Labute approximate surface area is 257 Å². The van der Waals surface area contributed by atoms with Gasteiger partial charge in [-0.15, -0.1) is 16.0 Å². The van der Waals surface area contributed by atoms with Crippen molar-refractivity contribution in [1.29, 1.82) is 5.26 Å². The van der Waals surface area contributed by atoms with Gasteiger partial charge in [-0.1, -0.05) is 25.1 Å². The zero-order chi connectivity index (χ0) is 31.6. The van der Waals surface area contributed by atoms with Crippen molar-refractivity contribution < 1.29 is 28.0 Å². The molecule has 2 atom stereocenters. The first-order chi connectivity index (χ1) is 21.0. The average molecular weight is 615 g/mol. The van der Waals surface area contributed by atoms with Gasteiger partial charge in [0.25, 0.3) is 6.33 Å². The lowest BCUT2D eigenvalue weighted by molar-refractivity contribution is -0.689. The van der Waals surface area contributed by atoms with Crippen LogP contribution in [0.25, 0.3) is 11.3 Å². The van der Waals surface area contributed by atoms with E-state index in [1.807, 2.05) is 35.9 Å². The molecule has 0 fully saturated rings. The van der Waals surface area contributed by atoms with E-state index in [0.717, 1.165) is 34.4 Å². The SMILES string of the molecule is CC(=O)Oc1c(C)cc(C[n+]2cnn(CC(O)(c3ccc(F)cc3F)C(C)c3nc(-c4ccc(C#N)cc4)cs3)c2)cc1C. The second kappa shape index (κ2) is 12.4. The molecule has 0 spiro atoms. The standard InChI is InChI=1S/C33H30F2N5O3S/c1-20-11-25(12-21(2)31(20)43-23(4)41)15-39-18-37-40(19-39)17-33(42,28-10-9-27(34)13-29(28)35)22(3)32-38-30(16-44-32)26-7-5-24(14-36)6-8-26/h5-13,16,18-19,22,42H,15,17H2,1-4H3/q+1. The van der Waals surface area contributed by atoms with Crippen LogP contribution in [0.1, 0.15) is 52.6 Å². The third kappa shape index (κ3) is 6.41. The van der Waals surface area contributed by atoms with Crippen LogP contribution in [-0.2, 0) is 23.5 Å². The number of rotatable bonds is 9. The normalized spacial score (nSPS) is 13.2. The molecule has 224 valence electrons. The quantitative estimate of drug-likeness (QED) is 0.129. The highest BCUT2D eigenvalue weighted by molar-refractivity contribution is 7.10. The number of aryl methyl sites for hydroxylation is 2. The summed E-state index contributed by atoms with van der Waals surface area (Å²) in [4.78, 5) is 16.2. The molecule has 5 rings (SSSR count). The van der Waals surface area contributed by atoms with Gasteiger partial charge in [0, 0.05) is 40.5 Å². The number of hydrogen-bond acceptors (Lipinski definition) is 7. The largest absolute Gasteiger partial charge is 0.426 e. The third-order valence-corrected chi connectivity index (χ3v) is 8.51. The molecule has 44 heavy (non-hydrogen) atoms. The Morgan fingerprint density at radius 2 is 1.86 bits per heavy atom. The topological polar surface area (TPSA) is 105 Å². The van der Waals surface area contributed by atoms with Crippen molar-refractivity contribution >= 4 is 17.3 Å². The van der Waals surface area contributed by atoms with Gasteiger partial charge in [0.1, 0.15) is 29.5 Å². The van der Waals surface area contributed by atoms with Crippen molar-refractivity contribution in [3.63, 3.8) is 0 Å². The van der Waals surface area contributed by atoms with Gasteiger partial charge >= 0.3 is 5.97 Å². The second-order valence-electron chi connectivity index (χ2n) is 10.8. The van der Waals surface area contributed by atoms with Crippen molar-refractivity contribution in [1.82, 2.24) is 14.8 Å². The molecule has 3 aromatic carbocycles. The zero-order valence-corrected chi connectivity index (χ0v) is 25.4. The number of nitriles is 1. The lowest BCUT2D eigenvalue weighted by Crippen LogP contribution is -2.39. The average Bonchev–Trinajstić information content (AvgIpc) is 3.64. The van der Waals surface area contributed by atoms with Crippen LogP contribution in [0.3, 0.4) is 0 Å². The minimum atomic E-state index is -1.85. The summed E-state index contributed by atoms with van der Waals surface area (Å²) in [6.07, 6.45) is 3.30. The summed E-state index contributed by atoms with van der Waals surface area (Å²) in [7, 11) is 0. The number of hydrogen-bond donors (Lipinski definition) is 1. The highest BCUT2D eigenvalue weighted by Gasteiger charge is 2.43. The fraction of sp³-hybridized carbons (Fsp3) is 0.242. The summed E-state index contributed by atoms with van der Waals surface area (Å²) >= 11 is 1.32. The van der Waals surface area contributed by atoms with E-state index in [1.54, 1.807) is 43.8 Å². The van der Waals surface area contributed by atoms with Gasteiger partial charge in [0.2, 0.25) is 6.33 Å². The maximum atomic E-state index is 15.2. The fourth-order valence-corrected chi connectivity index (χ4v) is 6.23. The molecule has 0 saturated carbocycles. The Morgan fingerprint density at radius 3 is 2.50 bits per heavy atom. The first kappa shape index (κ1) is 30.7. The number of carbonyl (C=O) groups is 1. The van der Waals surface area contributed by atoms with Crippen molar-refractivity contribution in [2.75, 3.05) is 0 Å². The van der Waals surface area contributed by atoms with Gasteiger partial charge in [-0.3, -0.25) is 4.79 Å². The van der Waals surface area contributed by atoms with Gasteiger partial charge < -0.3 is 9.84 Å². The molecule has 2 aromatic heterocycles. The molecule has 0 aliphatic carbocycles. The maximum absolute atomic E-state index is 15.2. The molecule has 2 unspecified atom stereocenters. The Hall–Kier alpha value is -4.79. The lowest BCUT2D eigenvalue weighted by atomic mass is 9.82. The molecule has 0 aliphatic heterocycles. The number of benzene rings is 3. The molecule has 1 N–H and O–H groups in total. The minimum Gasteiger partial charge on any atom is -0.426 e. The molecular formula is C33H30F2N5O3S+. The lowest BCUT2D eigenvalue weighted by Gasteiger charge is -2.32. The summed E-state index contributed by atoms with van der Waals surface area (Å²) in [6.45, 7) is 7.15. The van der Waals surface area contributed by atoms with Crippen LogP contribution in [0.4, 0.5) is 8.78 Å². The molecule has 11 heteroatoms. The first-order valence-corrected chi connectivity index (χ1v) is 14.7. The number of aromatic nitrogens is 4. The van der Waals surface area contributed by atoms with Gasteiger partial charge in [-0.2, -0.15) is 5.26 Å². The van der Waals surface area contributed by atoms with Crippen molar-refractivity contribution in [3.05, 3.63) is 117 Å². The van der Waals surface area contributed by atoms with Gasteiger partial charge in [0.05, 0.1) is 28.9 Å². The molecule has 0 aliphatic rings. The van der Waals surface area contributed by atoms with E-state index >= 15 is 4.39 Å². The first-order valence-electron chi connectivity index (χ1n) is 13.8. The number of nitrogens with zero attached hydrogens (tertiary/aromatic N) is 5. The van der Waals surface area contributed by atoms with Crippen LogP contribution < -0.4 is 9.30 Å². The van der Waals surface area contributed by atoms with Crippen LogP contribution in [-0.4, -0.2) is 25.8 Å². The van der Waals surface area contributed by atoms with E-state index in [2.05, 4.69) is 11.2 Å². The molecule has 8 nitrogen and oxygen atoms in total. The number of thiazole rings is 1. The smallest absolute Gasteiger partial charge is 0.308 e. The number of ether oxygens (including phenoxy) is 1. The van der Waals surface area contributed by atoms with Gasteiger partial charge in [-0.25, -0.2) is 18.3 Å². The Kier molecular flexibility index (Phi) is 8.67. The second-order valence-corrected chi connectivity index (χ2v) is 11.7. The van der Waals surface area contributed by atoms with Crippen molar-refractivity contribution in [2.24, 2.45) is 0 Å². The van der Waals surface area contributed by atoms with Crippen molar-refractivity contribution in [3.8, 4) is 23.1 Å². The molecule has 0 bridgehead atoms. The Bertz CT molecular complexity index is 1860. The fourth-order valence-electron chi connectivity index (χ4n) is 5.26. The predicted octanol–water partition coefficient (Wildman–Crippen LogP) is 5.73. The van der Waals surface area contributed by atoms with Crippen LogP contribution in [0.5, 0.6) is 5.75 Å². The number of halogens is 2. The van der Waals surface area contributed by atoms with E-state index < -0.39 is 23.2 Å². The number of esters is 1. The number of carbonyl (C=O) groups excluding carboxylic acids is 1. The molecule has 5 aromatic rings. The summed E-state index contributed by atoms with van der Waals surface area (Å²) in [6, 6.07) is 16.1. The zero-order valence-electron chi connectivity index (χ0n) is 24.6. The van der Waals surface area contributed by atoms with Crippen LogP contribution >= 0.6 is 11.3 Å². The molecule has 0 saturated heterocycles. The van der Waals surface area contributed by atoms with Crippen LogP contribution in [0.2, 0.25) is 0 Å². The highest BCUT2D eigenvalue weighted by Crippen LogP contribution is 2.41. The van der Waals surface area contributed by atoms with Crippen molar-refractivity contribution in [2.45, 2.75) is 52.3 Å².